The second kappa shape index (κ2) is 17.1. The van der Waals surface area contributed by atoms with E-state index in [1.165, 1.54) is 56.9 Å². The van der Waals surface area contributed by atoms with Crippen LogP contribution >= 0.6 is 0 Å². The number of rotatable bonds is 13. The molecule has 284 valence electrons. The van der Waals surface area contributed by atoms with Gasteiger partial charge in [0.05, 0.1) is 11.6 Å². The van der Waals surface area contributed by atoms with Crippen molar-refractivity contribution in [2.75, 3.05) is 11.9 Å². The number of benzene rings is 2. The fraction of sp³-hybridized carbons (Fsp3) is 0.596. The number of fused-ring (bicyclic) bond motifs is 5. The maximum absolute atomic E-state index is 12.8. The van der Waals surface area contributed by atoms with Crippen LogP contribution < -0.4 is 10.6 Å². The Balaban J connectivity index is 0.924. The molecule has 2 aromatic rings. The highest BCUT2D eigenvalue weighted by Gasteiger charge is 2.59. The van der Waals surface area contributed by atoms with Crippen molar-refractivity contribution in [3.8, 4) is 6.07 Å². The molecule has 53 heavy (non-hydrogen) atoms. The third-order valence-corrected chi connectivity index (χ3v) is 14.1. The quantitative estimate of drug-likeness (QED) is 0.0934. The van der Waals surface area contributed by atoms with Gasteiger partial charge in [0.1, 0.15) is 6.10 Å². The molecule has 2 amide bonds. The molecule has 2 N–H and O–H groups in total. The van der Waals surface area contributed by atoms with Crippen molar-refractivity contribution >= 4 is 29.3 Å². The number of nitriles is 1. The summed E-state index contributed by atoms with van der Waals surface area (Å²) in [6.07, 6.45) is 18.5. The lowest BCUT2D eigenvalue weighted by Crippen LogP contribution is -2.51. The maximum Gasteiger partial charge on any atom is 0.407 e. The molecule has 3 saturated carbocycles. The van der Waals surface area contributed by atoms with Crippen LogP contribution in [0.4, 0.5) is 10.5 Å². The molecule has 0 heterocycles. The van der Waals surface area contributed by atoms with Gasteiger partial charge in [-0.1, -0.05) is 108 Å². The number of carbonyl (C=O) groups is 2. The van der Waals surface area contributed by atoms with E-state index in [9.17, 15) is 14.9 Å². The molecule has 0 spiro atoms. The van der Waals surface area contributed by atoms with E-state index >= 15 is 0 Å². The van der Waals surface area contributed by atoms with Crippen molar-refractivity contribution in [1.82, 2.24) is 5.32 Å². The first kappa shape index (κ1) is 38.9. The smallest absolute Gasteiger partial charge is 0.407 e. The van der Waals surface area contributed by atoms with Crippen molar-refractivity contribution < 1.29 is 14.3 Å². The summed E-state index contributed by atoms with van der Waals surface area (Å²) in [5.41, 5.74) is 5.29. The van der Waals surface area contributed by atoms with E-state index < -0.39 is 0 Å². The van der Waals surface area contributed by atoms with Crippen LogP contribution in [0.25, 0.3) is 11.6 Å². The molecule has 0 aromatic heterocycles. The lowest BCUT2D eigenvalue weighted by molar-refractivity contribution is -0.116. The number of nitrogens with one attached hydrogen (secondary N) is 2. The van der Waals surface area contributed by atoms with Crippen LogP contribution in [0.3, 0.4) is 0 Å². The predicted molar refractivity (Wildman–Crippen MR) is 216 cm³/mol. The molecule has 6 rings (SSSR count). The molecular weight excluding hydrogens is 655 g/mol. The second-order valence-electron chi connectivity index (χ2n) is 17.8. The Morgan fingerprint density at radius 2 is 1.72 bits per heavy atom. The molecule has 3 fully saturated rings. The number of anilines is 1. The van der Waals surface area contributed by atoms with E-state index in [1.807, 2.05) is 60.7 Å². The van der Waals surface area contributed by atoms with E-state index in [-0.39, 0.29) is 23.5 Å². The summed E-state index contributed by atoms with van der Waals surface area (Å²) in [5.74, 6) is 4.81. The summed E-state index contributed by atoms with van der Waals surface area (Å²) >= 11 is 0. The third kappa shape index (κ3) is 8.93. The monoisotopic (exact) mass is 717 g/mol. The largest absolute Gasteiger partial charge is 0.446 e. The average molecular weight is 718 g/mol. The Morgan fingerprint density at radius 3 is 2.45 bits per heavy atom. The highest BCUT2D eigenvalue weighted by Crippen LogP contribution is 2.67. The Kier molecular flexibility index (Phi) is 12.5. The molecule has 8 atom stereocenters. The summed E-state index contributed by atoms with van der Waals surface area (Å²) in [7, 11) is 0. The van der Waals surface area contributed by atoms with Gasteiger partial charge in [-0.2, -0.15) is 5.26 Å². The number of allylic oxidation sites excluding steroid dienone is 2. The van der Waals surface area contributed by atoms with Crippen molar-refractivity contribution in [2.45, 2.75) is 124 Å². The van der Waals surface area contributed by atoms with Crippen molar-refractivity contribution in [2.24, 2.45) is 46.3 Å². The van der Waals surface area contributed by atoms with E-state index in [4.69, 9.17) is 4.74 Å². The van der Waals surface area contributed by atoms with E-state index in [1.54, 1.807) is 0 Å². The van der Waals surface area contributed by atoms with E-state index in [0.717, 1.165) is 65.9 Å². The number of ether oxygens (including phenoxy) is 1. The standard InChI is InChI=1S/C47H63N3O3/c1-32(2)11-9-12-33(3)41-22-23-42-40-21-18-37-30-39(24-26-46(37,4)43(40)25-27-47(41,42)5)53-45(52)49-28-10-15-44(51)50-38-19-16-34(17-20-38)29-36(31-48)35-13-7-6-8-14-35/h6-8,13-14,16-20,29,32-33,39-43H,9-12,15,21-28,30H2,1-5H3,(H,49,52)(H,50,51)/b36-29+/t33-,39?,40+,41-,42+,43+,46+,47-/m1/s1. The number of hydrogen-bond donors (Lipinski definition) is 2. The first-order valence-electron chi connectivity index (χ1n) is 20.7. The van der Waals surface area contributed by atoms with Gasteiger partial charge in [0, 0.05) is 25.1 Å². The second-order valence-corrected chi connectivity index (χ2v) is 17.8. The zero-order valence-electron chi connectivity index (χ0n) is 33.0. The molecule has 6 heteroatoms. The first-order chi connectivity index (χ1) is 25.5. The summed E-state index contributed by atoms with van der Waals surface area (Å²) in [6, 6.07) is 19.3. The maximum atomic E-state index is 12.8. The van der Waals surface area contributed by atoms with Crippen molar-refractivity contribution in [3.63, 3.8) is 0 Å². The minimum Gasteiger partial charge on any atom is -0.446 e. The van der Waals surface area contributed by atoms with Crippen molar-refractivity contribution in [1.29, 1.82) is 5.26 Å². The minimum absolute atomic E-state index is 0.0830. The van der Waals surface area contributed by atoms with Gasteiger partial charge in [0.15, 0.2) is 0 Å². The summed E-state index contributed by atoms with van der Waals surface area (Å²) in [5, 5.41) is 15.4. The minimum atomic E-state index is -0.378. The fourth-order valence-electron chi connectivity index (χ4n) is 11.2. The van der Waals surface area contributed by atoms with Crippen LogP contribution in [0, 0.1) is 57.7 Å². The topological polar surface area (TPSA) is 91.2 Å². The highest BCUT2D eigenvalue weighted by molar-refractivity contribution is 5.92. The van der Waals surface area contributed by atoms with Crippen LogP contribution in [0.15, 0.2) is 66.2 Å². The van der Waals surface area contributed by atoms with Crippen LogP contribution in [0.5, 0.6) is 0 Å². The van der Waals surface area contributed by atoms with Crippen molar-refractivity contribution in [3.05, 3.63) is 77.4 Å². The number of nitrogens with zero attached hydrogens (tertiary/aromatic N) is 1. The normalized spacial score (nSPS) is 29.9. The molecule has 1 unspecified atom stereocenters. The summed E-state index contributed by atoms with van der Waals surface area (Å²) in [4.78, 5) is 25.4. The average Bonchev–Trinajstić information content (AvgIpc) is 3.51. The number of carbonyl (C=O) groups excluding carboxylic acids is 2. The van der Waals surface area contributed by atoms with Crippen LogP contribution in [0.2, 0.25) is 0 Å². The number of alkyl carbamates (subject to hydrolysis) is 1. The zero-order valence-corrected chi connectivity index (χ0v) is 33.0. The summed E-state index contributed by atoms with van der Waals surface area (Å²) in [6.45, 7) is 12.9. The number of amides is 2. The van der Waals surface area contributed by atoms with E-state index in [0.29, 0.717) is 36.1 Å². The Labute approximate surface area is 319 Å². The molecule has 0 bridgehead atoms. The van der Waals surface area contributed by atoms with Gasteiger partial charge in [-0.25, -0.2) is 4.79 Å². The van der Waals surface area contributed by atoms with Crippen LogP contribution in [-0.2, 0) is 9.53 Å². The van der Waals surface area contributed by atoms with Gasteiger partial charge in [-0.3, -0.25) is 4.79 Å². The molecule has 0 saturated heterocycles. The molecular formula is C47H63N3O3. The van der Waals surface area contributed by atoms with Crippen LogP contribution in [-0.4, -0.2) is 24.6 Å². The fourth-order valence-corrected chi connectivity index (χ4v) is 11.2. The molecule has 2 aromatic carbocycles. The molecule has 4 aliphatic carbocycles. The Hall–Kier alpha value is -3.85. The molecule has 0 aliphatic heterocycles. The Bertz CT molecular complexity index is 1670. The van der Waals surface area contributed by atoms with Gasteiger partial charge >= 0.3 is 6.09 Å². The SMILES string of the molecule is CC(C)CCC[C@@H](C)[C@H]1CC[C@H]2[C@@H]3CC=C4CC(OC(=O)NCCCC(=O)Nc5ccc(/C=C(\C#N)c6ccccc6)cc5)CC[C@]4(C)[C@H]3CC[C@]12C. The van der Waals surface area contributed by atoms with Gasteiger partial charge in [-0.15, -0.1) is 0 Å². The molecule has 4 aliphatic rings. The van der Waals surface area contributed by atoms with Gasteiger partial charge in [0.2, 0.25) is 5.91 Å². The lowest BCUT2D eigenvalue weighted by atomic mass is 9.47. The van der Waals surface area contributed by atoms with Gasteiger partial charge in [-0.05, 0) is 127 Å². The third-order valence-electron chi connectivity index (χ3n) is 14.1. The van der Waals surface area contributed by atoms with E-state index in [2.05, 4.69) is 57.4 Å². The Morgan fingerprint density at radius 1 is 0.943 bits per heavy atom. The molecule has 6 nitrogen and oxygen atoms in total. The predicted octanol–water partition coefficient (Wildman–Crippen LogP) is 11.6. The molecule has 0 radical (unpaired) electrons. The highest BCUT2D eigenvalue weighted by atomic mass is 16.6. The lowest BCUT2D eigenvalue weighted by Gasteiger charge is -2.58. The number of hydrogen-bond acceptors (Lipinski definition) is 4. The summed E-state index contributed by atoms with van der Waals surface area (Å²) < 4.78 is 5.96. The zero-order chi connectivity index (χ0) is 37.6. The van der Waals surface area contributed by atoms with Gasteiger partial charge < -0.3 is 15.4 Å². The van der Waals surface area contributed by atoms with Gasteiger partial charge in [0.25, 0.3) is 0 Å². The van der Waals surface area contributed by atoms with Crippen LogP contribution in [0.1, 0.15) is 129 Å². The first-order valence-corrected chi connectivity index (χ1v) is 20.7.